The van der Waals surface area contributed by atoms with Crippen LogP contribution in [0.25, 0.3) is 0 Å². The average molecular weight is 518 g/mol. The zero-order valence-electron chi connectivity index (χ0n) is 21.5. The Kier molecular flexibility index (Phi) is 6.40. The summed E-state index contributed by atoms with van der Waals surface area (Å²) in [5.74, 6) is -0.942. The van der Waals surface area contributed by atoms with E-state index in [-0.39, 0.29) is 25.6 Å². The van der Waals surface area contributed by atoms with Crippen molar-refractivity contribution < 1.29 is 43.9 Å². The number of carbonyl (C=O) groups excluding carboxylic acids is 1. The standard InChI is InChI=1S/C27H35NO9/c1-25(2,32)7-8-27(33,14-21(29)30)24(31)37-23-20(34-3)13-26-6-4-9-28(26)10-5-16-11-18-19(36-15-35-18)12-17(16)22(23)26/h11-13,22-23,32-33H,4-10,14-15H2,1-3H3,(H,29,30). The number of fused-ring (bicyclic) bond motifs is 3. The number of benzene rings is 1. The van der Waals surface area contributed by atoms with E-state index < -0.39 is 41.2 Å². The molecule has 202 valence electrons. The van der Waals surface area contributed by atoms with Gasteiger partial charge in [0.15, 0.2) is 23.2 Å². The van der Waals surface area contributed by atoms with Crippen LogP contribution in [0.5, 0.6) is 11.5 Å². The van der Waals surface area contributed by atoms with Gasteiger partial charge in [-0.2, -0.15) is 0 Å². The van der Waals surface area contributed by atoms with E-state index in [4.69, 9.17) is 18.9 Å². The third kappa shape index (κ3) is 4.55. The smallest absolute Gasteiger partial charge is 0.339 e. The highest BCUT2D eigenvalue weighted by Gasteiger charge is 2.59. The molecule has 3 heterocycles. The number of aliphatic carboxylic acids is 1. The molecule has 4 aliphatic rings. The number of carboxylic acids is 1. The Morgan fingerprint density at radius 2 is 1.89 bits per heavy atom. The van der Waals surface area contributed by atoms with Crippen LogP contribution in [0, 0.1) is 0 Å². The third-order valence-corrected chi connectivity index (χ3v) is 8.17. The number of rotatable bonds is 8. The number of aliphatic hydroxyl groups is 2. The molecule has 1 aromatic rings. The van der Waals surface area contributed by atoms with Gasteiger partial charge < -0.3 is 34.3 Å². The highest BCUT2D eigenvalue weighted by atomic mass is 16.7. The minimum absolute atomic E-state index is 0.0109. The highest BCUT2D eigenvalue weighted by Crippen LogP contribution is 2.55. The van der Waals surface area contributed by atoms with Gasteiger partial charge >= 0.3 is 11.9 Å². The first-order valence-corrected chi connectivity index (χ1v) is 12.8. The Morgan fingerprint density at radius 3 is 2.57 bits per heavy atom. The summed E-state index contributed by atoms with van der Waals surface area (Å²) in [6.45, 7) is 4.91. The average Bonchev–Trinajstić information content (AvgIpc) is 3.50. The summed E-state index contributed by atoms with van der Waals surface area (Å²) in [5, 5.41) is 30.8. The Balaban J connectivity index is 1.54. The molecule has 1 aromatic carbocycles. The fourth-order valence-corrected chi connectivity index (χ4v) is 6.34. The van der Waals surface area contributed by atoms with Crippen LogP contribution in [0.15, 0.2) is 24.0 Å². The van der Waals surface area contributed by atoms with E-state index in [1.165, 1.54) is 21.0 Å². The summed E-state index contributed by atoms with van der Waals surface area (Å²) in [7, 11) is 1.52. The highest BCUT2D eigenvalue weighted by molar-refractivity contribution is 5.85. The minimum Gasteiger partial charge on any atom is -0.497 e. The van der Waals surface area contributed by atoms with Gasteiger partial charge in [0.1, 0.15) is 5.76 Å². The number of hydrogen-bond acceptors (Lipinski definition) is 9. The molecule has 10 nitrogen and oxygen atoms in total. The maximum atomic E-state index is 13.5. The molecule has 1 saturated heterocycles. The van der Waals surface area contributed by atoms with Crippen molar-refractivity contribution in [3.8, 4) is 11.5 Å². The van der Waals surface area contributed by atoms with Crippen molar-refractivity contribution in [3.05, 3.63) is 35.1 Å². The lowest BCUT2D eigenvalue weighted by Crippen LogP contribution is -2.49. The molecule has 1 aliphatic carbocycles. The van der Waals surface area contributed by atoms with Crippen molar-refractivity contribution in [2.45, 2.75) is 81.1 Å². The van der Waals surface area contributed by atoms with Crippen molar-refractivity contribution in [1.82, 2.24) is 4.90 Å². The van der Waals surface area contributed by atoms with Gasteiger partial charge in [0.2, 0.25) is 6.79 Å². The molecule has 10 heteroatoms. The van der Waals surface area contributed by atoms with Crippen molar-refractivity contribution >= 4 is 11.9 Å². The minimum atomic E-state index is -2.31. The van der Waals surface area contributed by atoms with Gasteiger partial charge in [-0.1, -0.05) is 0 Å². The zero-order chi connectivity index (χ0) is 26.6. The molecule has 0 amide bonds. The number of nitrogens with zero attached hydrogens (tertiary/aromatic N) is 1. The number of methoxy groups -OCH3 is 1. The fourth-order valence-electron chi connectivity index (χ4n) is 6.34. The summed E-state index contributed by atoms with van der Waals surface area (Å²) >= 11 is 0. The number of carboxylic acid groups (broad SMARTS) is 1. The van der Waals surface area contributed by atoms with E-state index >= 15 is 0 Å². The van der Waals surface area contributed by atoms with Crippen LogP contribution in [-0.4, -0.2) is 82.0 Å². The fraction of sp³-hybridized carbons (Fsp3) is 0.630. The number of carbonyl (C=O) groups is 2. The molecule has 0 saturated carbocycles. The van der Waals surface area contributed by atoms with Crippen molar-refractivity contribution in [1.29, 1.82) is 0 Å². The molecule has 37 heavy (non-hydrogen) atoms. The van der Waals surface area contributed by atoms with E-state index in [0.29, 0.717) is 17.3 Å². The van der Waals surface area contributed by atoms with Crippen molar-refractivity contribution in [3.63, 3.8) is 0 Å². The van der Waals surface area contributed by atoms with Gasteiger partial charge in [0.25, 0.3) is 0 Å². The zero-order valence-corrected chi connectivity index (χ0v) is 21.5. The molecular weight excluding hydrogens is 482 g/mol. The Labute approximate surface area is 215 Å². The molecule has 3 N–H and O–H groups in total. The second-order valence-electron chi connectivity index (χ2n) is 11.2. The maximum absolute atomic E-state index is 13.5. The Morgan fingerprint density at radius 1 is 1.16 bits per heavy atom. The van der Waals surface area contributed by atoms with Crippen LogP contribution in [0.2, 0.25) is 0 Å². The van der Waals surface area contributed by atoms with Crippen LogP contribution in [0.4, 0.5) is 0 Å². The van der Waals surface area contributed by atoms with Crippen LogP contribution >= 0.6 is 0 Å². The predicted molar refractivity (Wildman–Crippen MR) is 130 cm³/mol. The molecule has 4 atom stereocenters. The van der Waals surface area contributed by atoms with E-state index in [1.54, 1.807) is 0 Å². The quantitative estimate of drug-likeness (QED) is 0.440. The van der Waals surface area contributed by atoms with E-state index in [9.17, 15) is 24.9 Å². The molecule has 1 spiro atoms. The lowest BCUT2D eigenvalue weighted by molar-refractivity contribution is -0.178. The van der Waals surface area contributed by atoms with Gasteiger partial charge in [-0.05, 0) is 81.8 Å². The van der Waals surface area contributed by atoms with Gasteiger partial charge in [-0.3, -0.25) is 9.69 Å². The summed E-state index contributed by atoms with van der Waals surface area (Å²) in [5.41, 5.74) is -1.93. The van der Waals surface area contributed by atoms with E-state index in [1.807, 2.05) is 18.2 Å². The van der Waals surface area contributed by atoms with Gasteiger partial charge in [0, 0.05) is 6.54 Å². The third-order valence-electron chi connectivity index (χ3n) is 8.17. The van der Waals surface area contributed by atoms with E-state index in [0.717, 1.165) is 43.5 Å². The lowest BCUT2D eigenvalue weighted by atomic mass is 9.77. The van der Waals surface area contributed by atoms with Gasteiger partial charge in [-0.15, -0.1) is 0 Å². The first kappa shape index (κ1) is 25.8. The molecule has 0 radical (unpaired) electrons. The topological polar surface area (TPSA) is 135 Å². The van der Waals surface area contributed by atoms with Gasteiger partial charge in [0.05, 0.1) is 30.6 Å². The molecule has 0 aromatic heterocycles. The summed E-state index contributed by atoms with van der Waals surface area (Å²) < 4.78 is 23.0. The van der Waals surface area contributed by atoms with Crippen molar-refractivity contribution in [2.75, 3.05) is 27.0 Å². The van der Waals surface area contributed by atoms with Gasteiger partial charge in [-0.25, -0.2) is 4.79 Å². The normalized spacial score (nSPS) is 27.9. The van der Waals surface area contributed by atoms with Crippen LogP contribution in [0.3, 0.4) is 0 Å². The lowest BCUT2D eigenvalue weighted by Gasteiger charge is -2.39. The summed E-state index contributed by atoms with van der Waals surface area (Å²) in [6.07, 6.45) is 2.67. The SMILES string of the molecule is COC1=CC23CCCN2CCc2cc4c(cc2C3C1OC(=O)C(O)(CCC(C)(C)O)CC(=O)O)OCO4. The van der Waals surface area contributed by atoms with Crippen LogP contribution < -0.4 is 9.47 Å². The molecule has 5 rings (SSSR count). The van der Waals surface area contributed by atoms with Crippen molar-refractivity contribution in [2.24, 2.45) is 0 Å². The molecule has 3 aliphatic heterocycles. The number of hydrogen-bond donors (Lipinski definition) is 3. The second-order valence-corrected chi connectivity index (χ2v) is 11.2. The molecular formula is C27H35NO9. The number of ether oxygens (including phenoxy) is 4. The molecule has 1 fully saturated rings. The molecule has 0 bridgehead atoms. The molecule has 4 unspecified atom stereocenters. The summed E-state index contributed by atoms with van der Waals surface area (Å²) in [4.78, 5) is 27.5. The van der Waals surface area contributed by atoms with E-state index in [2.05, 4.69) is 4.90 Å². The first-order chi connectivity index (χ1) is 17.5. The monoisotopic (exact) mass is 517 g/mol. The Hall–Kier alpha value is -2.82. The largest absolute Gasteiger partial charge is 0.497 e. The van der Waals surface area contributed by atoms with Crippen LogP contribution in [-0.2, 0) is 25.5 Å². The first-order valence-electron chi connectivity index (χ1n) is 12.8. The second kappa shape index (κ2) is 9.18. The predicted octanol–water partition coefficient (Wildman–Crippen LogP) is 2.10. The summed E-state index contributed by atoms with van der Waals surface area (Å²) in [6, 6.07) is 3.94. The van der Waals surface area contributed by atoms with Crippen LogP contribution in [0.1, 0.15) is 63.0 Å². The number of esters is 1. The Bertz CT molecular complexity index is 1130. The maximum Gasteiger partial charge on any atom is 0.339 e.